The standard InChI is InChI=1S/C19H17BrN2O2/c1-2-11-24-16-9-7-14(8-10-16)12-15(13-21)19(23)22-18-6-4-3-5-17(18)20/h3-10,12H,2,11H2,1H3,(H,22,23)/b15-12+. The Morgan fingerprint density at radius 3 is 2.58 bits per heavy atom. The minimum absolute atomic E-state index is 0.0352. The van der Waals surface area contributed by atoms with Crippen LogP contribution in [0.25, 0.3) is 6.08 Å². The Morgan fingerprint density at radius 2 is 1.96 bits per heavy atom. The Morgan fingerprint density at radius 1 is 1.25 bits per heavy atom. The molecule has 1 N–H and O–H groups in total. The van der Waals surface area contributed by atoms with Crippen molar-refractivity contribution in [2.24, 2.45) is 0 Å². The lowest BCUT2D eigenvalue weighted by atomic mass is 10.1. The highest BCUT2D eigenvalue weighted by Crippen LogP contribution is 2.22. The van der Waals surface area contributed by atoms with Crippen molar-refractivity contribution in [1.82, 2.24) is 0 Å². The quantitative estimate of drug-likeness (QED) is 0.575. The molecule has 0 radical (unpaired) electrons. The molecule has 0 bridgehead atoms. The van der Waals surface area contributed by atoms with Gasteiger partial charge in [-0.25, -0.2) is 0 Å². The lowest BCUT2D eigenvalue weighted by Crippen LogP contribution is -2.13. The fourth-order valence-corrected chi connectivity index (χ4v) is 2.33. The molecule has 24 heavy (non-hydrogen) atoms. The monoisotopic (exact) mass is 384 g/mol. The zero-order valence-corrected chi connectivity index (χ0v) is 14.8. The van der Waals surface area contributed by atoms with Crippen molar-refractivity contribution >= 4 is 33.6 Å². The Labute approximate surface area is 149 Å². The Kier molecular flexibility index (Phi) is 6.59. The van der Waals surface area contributed by atoms with Crippen LogP contribution in [0.2, 0.25) is 0 Å². The van der Waals surface area contributed by atoms with Gasteiger partial charge in [-0.3, -0.25) is 4.79 Å². The molecular weight excluding hydrogens is 368 g/mol. The van der Waals surface area contributed by atoms with Gasteiger partial charge in [-0.2, -0.15) is 5.26 Å². The van der Waals surface area contributed by atoms with E-state index in [1.54, 1.807) is 12.1 Å². The minimum Gasteiger partial charge on any atom is -0.494 e. The first-order chi connectivity index (χ1) is 11.6. The van der Waals surface area contributed by atoms with Gasteiger partial charge in [0.1, 0.15) is 17.4 Å². The second kappa shape index (κ2) is 8.90. The number of nitriles is 1. The first kappa shape index (κ1) is 17.8. The van der Waals surface area contributed by atoms with E-state index < -0.39 is 5.91 Å². The van der Waals surface area contributed by atoms with Gasteiger partial charge in [-0.1, -0.05) is 31.2 Å². The smallest absolute Gasteiger partial charge is 0.266 e. The minimum atomic E-state index is -0.448. The summed E-state index contributed by atoms with van der Waals surface area (Å²) in [7, 11) is 0. The number of carbonyl (C=O) groups is 1. The number of carbonyl (C=O) groups excluding carboxylic acids is 1. The normalized spacial score (nSPS) is 10.8. The summed E-state index contributed by atoms with van der Waals surface area (Å²) in [5, 5.41) is 12.0. The number of halogens is 1. The summed E-state index contributed by atoms with van der Waals surface area (Å²) >= 11 is 3.36. The van der Waals surface area contributed by atoms with E-state index >= 15 is 0 Å². The third kappa shape index (κ3) is 4.97. The van der Waals surface area contributed by atoms with Crippen LogP contribution in [-0.4, -0.2) is 12.5 Å². The van der Waals surface area contributed by atoms with E-state index in [2.05, 4.69) is 21.2 Å². The van der Waals surface area contributed by atoms with Gasteiger partial charge in [0.25, 0.3) is 5.91 Å². The van der Waals surface area contributed by atoms with E-state index in [9.17, 15) is 10.1 Å². The molecule has 0 atom stereocenters. The molecular formula is C19H17BrN2O2. The first-order valence-electron chi connectivity index (χ1n) is 7.54. The van der Waals surface area contributed by atoms with E-state index in [4.69, 9.17) is 4.74 Å². The number of hydrogen-bond donors (Lipinski definition) is 1. The number of nitrogens with zero attached hydrogens (tertiary/aromatic N) is 1. The number of rotatable bonds is 6. The molecule has 1 amide bonds. The fraction of sp³-hybridized carbons (Fsp3) is 0.158. The van der Waals surface area contributed by atoms with Crippen molar-refractivity contribution in [3.63, 3.8) is 0 Å². The number of ether oxygens (including phenoxy) is 1. The molecule has 2 aromatic carbocycles. The second-order valence-electron chi connectivity index (χ2n) is 5.02. The molecule has 5 heteroatoms. The van der Waals surface area contributed by atoms with Gasteiger partial charge in [0.15, 0.2) is 0 Å². The lowest BCUT2D eigenvalue weighted by Gasteiger charge is -2.07. The van der Waals surface area contributed by atoms with Crippen molar-refractivity contribution in [1.29, 1.82) is 5.26 Å². The molecule has 122 valence electrons. The molecule has 4 nitrogen and oxygen atoms in total. The van der Waals surface area contributed by atoms with Gasteiger partial charge in [0, 0.05) is 4.47 Å². The molecule has 0 aromatic heterocycles. The topological polar surface area (TPSA) is 62.1 Å². The summed E-state index contributed by atoms with van der Waals surface area (Å²) in [6, 6.07) is 16.5. The van der Waals surface area contributed by atoms with Crippen LogP contribution in [0, 0.1) is 11.3 Å². The van der Waals surface area contributed by atoms with Crippen LogP contribution in [-0.2, 0) is 4.79 Å². The predicted octanol–water partition coefficient (Wildman–Crippen LogP) is 4.78. The van der Waals surface area contributed by atoms with Gasteiger partial charge in [0.05, 0.1) is 12.3 Å². The third-order valence-electron chi connectivity index (χ3n) is 3.15. The molecule has 0 fully saturated rings. The van der Waals surface area contributed by atoms with Crippen LogP contribution < -0.4 is 10.1 Å². The average Bonchev–Trinajstić information content (AvgIpc) is 2.60. The van der Waals surface area contributed by atoms with E-state index in [-0.39, 0.29) is 5.57 Å². The number of para-hydroxylation sites is 1. The van der Waals surface area contributed by atoms with Crippen LogP contribution >= 0.6 is 15.9 Å². The zero-order valence-electron chi connectivity index (χ0n) is 13.3. The maximum atomic E-state index is 12.3. The summed E-state index contributed by atoms with van der Waals surface area (Å²) in [6.07, 6.45) is 2.49. The van der Waals surface area contributed by atoms with Crippen molar-refractivity contribution in [3.05, 3.63) is 64.1 Å². The molecule has 0 aliphatic heterocycles. The SMILES string of the molecule is CCCOc1ccc(/C=C(\C#N)C(=O)Nc2ccccc2Br)cc1. The molecule has 0 aliphatic rings. The summed E-state index contributed by atoms with van der Waals surface area (Å²) in [4.78, 5) is 12.3. The molecule has 0 saturated heterocycles. The van der Waals surface area contributed by atoms with Crippen LogP contribution in [0.15, 0.2) is 58.6 Å². The average molecular weight is 385 g/mol. The van der Waals surface area contributed by atoms with E-state index in [1.807, 2.05) is 55.5 Å². The maximum Gasteiger partial charge on any atom is 0.266 e. The summed E-state index contributed by atoms with van der Waals surface area (Å²) in [6.45, 7) is 2.70. The second-order valence-corrected chi connectivity index (χ2v) is 5.88. The highest BCUT2D eigenvalue weighted by molar-refractivity contribution is 9.10. The molecule has 0 spiro atoms. The Hall–Kier alpha value is -2.58. The zero-order chi connectivity index (χ0) is 17.4. The van der Waals surface area contributed by atoms with Crippen LogP contribution in [0.3, 0.4) is 0 Å². The van der Waals surface area contributed by atoms with Gasteiger partial charge in [-0.15, -0.1) is 0 Å². The number of amides is 1. The maximum absolute atomic E-state index is 12.3. The summed E-state index contributed by atoms with van der Waals surface area (Å²) in [5.74, 6) is 0.320. The third-order valence-corrected chi connectivity index (χ3v) is 3.84. The fourth-order valence-electron chi connectivity index (χ4n) is 1.95. The van der Waals surface area contributed by atoms with Gasteiger partial charge < -0.3 is 10.1 Å². The van der Waals surface area contributed by atoms with Crippen molar-refractivity contribution in [2.45, 2.75) is 13.3 Å². The largest absolute Gasteiger partial charge is 0.494 e. The van der Waals surface area contributed by atoms with Gasteiger partial charge >= 0.3 is 0 Å². The van der Waals surface area contributed by atoms with Gasteiger partial charge in [-0.05, 0) is 58.3 Å². The summed E-state index contributed by atoms with van der Waals surface area (Å²) < 4.78 is 6.27. The number of nitrogens with one attached hydrogen (secondary N) is 1. The van der Waals surface area contributed by atoms with Crippen LogP contribution in [0.1, 0.15) is 18.9 Å². The number of hydrogen-bond acceptors (Lipinski definition) is 3. The van der Waals surface area contributed by atoms with Gasteiger partial charge in [0.2, 0.25) is 0 Å². The van der Waals surface area contributed by atoms with Crippen molar-refractivity contribution < 1.29 is 9.53 Å². The molecule has 2 aromatic rings. The Balaban J connectivity index is 2.12. The summed E-state index contributed by atoms with van der Waals surface area (Å²) in [5.41, 5.74) is 1.41. The first-order valence-corrected chi connectivity index (χ1v) is 8.34. The molecule has 0 saturated carbocycles. The molecule has 2 rings (SSSR count). The van der Waals surface area contributed by atoms with E-state index in [1.165, 1.54) is 0 Å². The van der Waals surface area contributed by atoms with Crippen molar-refractivity contribution in [2.75, 3.05) is 11.9 Å². The molecule has 0 heterocycles. The highest BCUT2D eigenvalue weighted by atomic mass is 79.9. The lowest BCUT2D eigenvalue weighted by molar-refractivity contribution is -0.112. The molecule has 0 unspecified atom stereocenters. The Bertz CT molecular complexity index is 777. The number of anilines is 1. The van der Waals surface area contributed by atoms with Crippen LogP contribution in [0.4, 0.5) is 5.69 Å². The van der Waals surface area contributed by atoms with Crippen molar-refractivity contribution in [3.8, 4) is 11.8 Å². The van der Waals surface area contributed by atoms with Crippen LogP contribution in [0.5, 0.6) is 5.75 Å². The predicted molar refractivity (Wildman–Crippen MR) is 98.6 cm³/mol. The molecule has 0 aliphatic carbocycles. The highest BCUT2D eigenvalue weighted by Gasteiger charge is 2.11. The van der Waals surface area contributed by atoms with E-state index in [0.29, 0.717) is 12.3 Å². The van der Waals surface area contributed by atoms with E-state index in [0.717, 1.165) is 22.2 Å². The number of benzene rings is 2.